The van der Waals surface area contributed by atoms with E-state index in [9.17, 15) is 14.7 Å². The zero-order valence-electron chi connectivity index (χ0n) is 20.9. The molecule has 0 saturated heterocycles. The number of benzene rings is 4. The summed E-state index contributed by atoms with van der Waals surface area (Å²) in [6.45, 7) is 5.85. The van der Waals surface area contributed by atoms with Gasteiger partial charge in [-0.3, -0.25) is 4.79 Å². The van der Waals surface area contributed by atoms with E-state index in [2.05, 4.69) is 18.7 Å². The molecule has 1 aliphatic heterocycles. The molecule has 7 heteroatoms. The van der Waals surface area contributed by atoms with E-state index >= 15 is 0 Å². The molecule has 0 atom stereocenters. The topological polar surface area (TPSA) is 83.6 Å². The Morgan fingerprint density at radius 2 is 1.68 bits per heavy atom. The number of aromatic nitrogens is 1. The zero-order valence-corrected chi connectivity index (χ0v) is 21.7. The van der Waals surface area contributed by atoms with Gasteiger partial charge in [-0.05, 0) is 55.8 Å². The Kier molecular flexibility index (Phi) is 5.93. The number of nitrogens with zero attached hydrogens (tertiary/aromatic N) is 2. The van der Waals surface area contributed by atoms with Gasteiger partial charge in [-0.15, -0.1) is 11.3 Å². The van der Waals surface area contributed by atoms with Crippen molar-refractivity contribution >= 4 is 44.2 Å². The molecule has 0 radical (unpaired) electrons. The number of thiazole rings is 1. The lowest BCUT2D eigenvalue weighted by Gasteiger charge is -2.22. The predicted octanol–water partition coefficient (Wildman–Crippen LogP) is 7.39. The maximum Gasteiger partial charge on any atom is 0.336 e. The average Bonchev–Trinajstić information content (AvgIpc) is 3.36. The first-order chi connectivity index (χ1) is 18.5. The van der Waals surface area contributed by atoms with Gasteiger partial charge in [-0.1, -0.05) is 30.3 Å². The third-order valence-electron chi connectivity index (χ3n) is 6.89. The van der Waals surface area contributed by atoms with Crippen molar-refractivity contribution in [3.63, 3.8) is 0 Å². The Balaban J connectivity index is 1.70. The van der Waals surface area contributed by atoms with Gasteiger partial charge in [-0.25, -0.2) is 9.78 Å². The average molecular weight is 521 g/mol. The summed E-state index contributed by atoms with van der Waals surface area (Å²) in [6.07, 6.45) is 0. The zero-order chi connectivity index (χ0) is 26.4. The van der Waals surface area contributed by atoms with E-state index in [0.717, 1.165) is 34.4 Å². The molecule has 3 aromatic carbocycles. The van der Waals surface area contributed by atoms with Crippen LogP contribution in [0.4, 0.5) is 5.69 Å². The van der Waals surface area contributed by atoms with Crippen molar-refractivity contribution in [2.75, 3.05) is 18.0 Å². The van der Waals surface area contributed by atoms with Crippen LogP contribution in [0.2, 0.25) is 0 Å². The minimum absolute atomic E-state index is 0.182. The molecular formula is C31H24N2O4S. The number of rotatable bonds is 6. The Hall–Kier alpha value is -4.49. The summed E-state index contributed by atoms with van der Waals surface area (Å²) in [7, 11) is 0. The van der Waals surface area contributed by atoms with E-state index in [1.807, 2.05) is 48.5 Å². The molecule has 1 N–H and O–H groups in total. The third kappa shape index (κ3) is 3.92. The second kappa shape index (κ2) is 9.43. The standard InChI is InChI=1S/C31H24N2O4S/c1-3-33(4-2)18-13-14-21-26(15-18)37-27-17-25(34)22(30-32-24-11-7-8-12-28(24)38-30)16-23(27)29(21)19-9-5-6-10-20(19)31(35)36/h5-17H,3-4H2,1-2H3,(H,35,36). The van der Waals surface area contributed by atoms with Crippen LogP contribution >= 0.6 is 11.3 Å². The van der Waals surface area contributed by atoms with Crippen molar-refractivity contribution in [1.82, 2.24) is 4.98 Å². The summed E-state index contributed by atoms with van der Waals surface area (Å²) < 4.78 is 7.32. The number of carbonyl (C=O) groups is 1. The van der Waals surface area contributed by atoms with Gasteiger partial charge >= 0.3 is 5.97 Å². The number of aromatic carboxylic acids is 1. The minimum Gasteiger partial charge on any atom is -0.478 e. The predicted molar refractivity (Wildman–Crippen MR) is 154 cm³/mol. The third-order valence-corrected chi connectivity index (χ3v) is 7.95. The summed E-state index contributed by atoms with van der Waals surface area (Å²) in [5.74, 6) is -0.617. The van der Waals surface area contributed by atoms with Gasteiger partial charge in [0.2, 0.25) is 0 Å². The van der Waals surface area contributed by atoms with Crippen molar-refractivity contribution in [1.29, 1.82) is 0 Å². The highest BCUT2D eigenvalue weighted by Gasteiger charge is 2.24. The normalized spacial score (nSPS) is 11.4. The van der Waals surface area contributed by atoms with Gasteiger partial charge in [0.25, 0.3) is 0 Å². The first kappa shape index (κ1) is 23.9. The summed E-state index contributed by atoms with van der Waals surface area (Å²) >= 11 is 1.46. The van der Waals surface area contributed by atoms with Crippen LogP contribution < -0.4 is 10.3 Å². The smallest absolute Gasteiger partial charge is 0.336 e. The molecule has 0 fully saturated rings. The summed E-state index contributed by atoms with van der Waals surface area (Å²) in [5, 5.41) is 11.4. The van der Waals surface area contributed by atoms with Crippen molar-refractivity contribution in [2.24, 2.45) is 0 Å². The van der Waals surface area contributed by atoms with Gasteiger partial charge in [0.05, 0.1) is 21.3 Å². The SMILES string of the molecule is CCN(CC)c1ccc2c(-c3ccccc3C(=O)O)c3cc(-c4nc5ccccc5s4)c(=O)cc-3oc2c1. The fraction of sp³-hybridized carbons (Fsp3) is 0.129. The molecule has 4 aromatic rings. The monoisotopic (exact) mass is 520 g/mol. The maximum absolute atomic E-state index is 13.3. The molecule has 0 saturated carbocycles. The van der Waals surface area contributed by atoms with Crippen molar-refractivity contribution in [3.8, 4) is 33.0 Å². The maximum atomic E-state index is 13.3. The molecule has 0 bridgehead atoms. The van der Waals surface area contributed by atoms with Gasteiger partial charge in [0.1, 0.15) is 16.4 Å². The Morgan fingerprint density at radius 1 is 0.921 bits per heavy atom. The van der Waals surface area contributed by atoms with Crippen LogP contribution in [0.1, 0.15) is 24.2 Å². The number of fused-ring (bicyclic) bond motifs is 3. The summed E-state index contributed by atoms with van der Waals surface area (Å²) in [4.78, 5) is 32.5. The number of anilines is 1. The molecule has 2 heterocycles. The largest absolute Gasteiger partial charge is 0.478 e. The van der Waals surface area contributed by atoms with Crippen LogP contribution in [0, 0.1) is 0 Å². The molecule has 1 aromatic heterocycles. The van der Waals surface area contributed by atoms with Gasteiger partial charge in [0, 0.05) is 47.4 Å². The van der Waals surface area contributed by atoms with E-state index < -0.39 is 5.97 Å². The van der Waals surface area contributed by atoms with E-state index in [1.54, 1.807) is 24.3 Å². The lowest BCUT2D eigenvalue weighted by atomic mass is 9.90. The van der Waals surface area contributed by atoms with Gasteiger partial charge in [-0.2, -0.15) is 0 Å². The highest BCUT2D eigenvalue weighted by atomic mass is 32.1. The molecule has 6 nitrogen and oxygen atoms in total. The Morgan fingerprint density at radius 3 is 2.45 bits per heavy atom. The molecule has 6 rings (SSSR count). The van der Waals surface area contributed by atoms with Crippen molar-refractivity contribution < 1.29 is 14.3 Å². The Bertz CT molecular complexity index is 1830. The quantitative estimate of drug-likeness (QED) is 0.231. The van der Waals surface area contributed by atoms with Gasteiger partial charge in [0.15, 0.2) is 5.43 Å². The minimum atomic E-state index is -1.02. The number of carboxylic acid groups (broad SMARTS) is 1. The lowest BCUT2D eigenvalue weighted by molar-refractivity contribution is 0.0697. The second-order valence-electron chi connectivity index (χ2n) is 9.01. The van der Waals surface area contributed by atoms with Crippen LogP contribution in [-0.2, 0) is 0 Å². The van der Waals surface area contributed by atoms with Crippen molar-refractivity contribution in [3.05, 3.63) is 94.6 Å². The lowest BCUT2D eigenvalue weighted by Crippen LogP contribution is -2.21. The second-order valence-corrected chi connectivity index (χ2v) is 10.0. The highest BCUT2D eigenvalue weighted by molar-refractivity contribution is 7.21. The number of hydrogen-bond donors (Lipinski definition) is 1. The fourth-order valence-corrected chi connectivity index (χ4v) is 6.01. The first-order valence-electron chi connectivity index (χ1n) is 12.5. The number of para-hydroxylation sites is 1. The van der Waals surface area contributed by atoms with E-state index in [-0.39, 0.29) is 11.0 Å². The summed E-state index contributed by atoms with van der Waals surface area (Å²) in [5.41, 5.74) is 4.80. The van der Waals surface area contributed by atoms with E-state index in [0.29, 0.717) is 38.6 Å². The molecular weight excluding hydrogens is 496 g/mol. The Labute approximate surface area is 222 Å². The number of hydrogen-bond acceptors (Lipinski definition) is 6. The molecule has 0 unspecified atom stereocenters. The van der Waals surface area contributed by atoms with Gasteiger partial charge < -0.3 is 14.4 Å². The van der Waals surface area contributed by atoms with Crippen molar-refractivity contribution in [2.45, 2.75) is 13.8 Å². The fourth-order valence-electron chi connectivity index (χ4n) is 5.02. The summed E-state index contributed by atoms with van der Waals surface area (Å²) in [6, 6.07) is 24.0. The van der Waals surface area contributed by atoms with E-state index in [1.165, 1.54) is 17.4 Å². The first-order valence-corrected chi connectivity index (χ1v) is 13.3. The van der Waals surface area contributed by atoms with Crippen LogP contribution in [0.3, 0.4) is 0 Å². The highest BCUT2D eigenvalue weighted by Crippen LogP contribution is 2.43. The van der Waals surface area contributed by atoms with Crippen LogP contribution in [0.25, 0.3) is 54.2 Å². The molecule has 2 aliphatic rings. The van der Waals surface area contributed by atoms with Crippen LogP contribution in [-0.4, -0.2) is 29.1 Å². The molecule has 0 spiro atoms. The molecule has 1 aliphatic carbocycles. The van der Waals surface area contributed by atoms with E-state index in [4.69, 9.17) is 9.40 Å². The van der Waals surface area contributed by atoms with Crippen LogP contribution in [0.15, 0.2) is 88.1 Å². The molecule has 38 heavy (non-hydrogen) atoms. The van der Waals surface area contributed by atoms with Crippen LogP contribution in [0.5, 0.6) is 0 Å². The molecule has 0 amide bonds. The number of carboxylic acids is 1. The molecule has 188 valence electrons.